The highest BCUT2D eigenvalue weighted by Gasteiger charge is 2.20. The van der Waals surface area contributed by atoms with Crippen molar-refractivity contribution < 1.29 is 24.1 Å². The Labute approximate surface area is 173 Å². The highest BCUT2D eigenvalue weighted by atomic mass is 16.5. The molecule has 2 heterocycles. The third-order valence-electron chi connectivity index (χ3n) is 4.76. The maximum atomic E-state index is 12.4. The first-order valence-corrected chi connectivity index (χ1v) is 9.58. The number of rotatable bonds is 8. The largest absolute Gasteiger partial charge is 0.489 e. The van der Waals surface area contributed by atoms with E-state index in [1.165, 1.54) is 0 Å². The Balaban J connectivity index is 1.75. The second-order valence-electron chi connectivity index (χ2n) is 6.77. The summed E-state index contributed by atoms with van der Waals surface area (Å²) in [4.78, 5) is 20.0. The zero-order valence-corrected chi connectivity index (χ0v) is 16.6. The topological polar surface area (TPSA) is 93.7 Å². The number of aromatic amines is 1. The van der Waals surface area contributed by atoms with Crippen molar-refractivity contribution >= 4 is 27.8 Å². The van der Waals surface area contributed by atoms with Crippen LogP contribution in [-0.4, -0.2) is 41.4 Å². The minimum absolute atomic E-state index is 0.0870. The number of nitrogens with one attached hydrogen (secondary N) is 1. The van der Waals surface area contributed by atoms with Gasteiger partial charge in [0.2, 0.25) is 0 Å². The minimum atomic E-state index is -0.594. The van der Waals surface area contributed by atoms with Gasteiger partial charge in [0, 0.05) is 29.0 Å². The first-order chi connectivity index (χ1) is 14.7. The molecule has 7 nitrogen and oxygen atoms in total. The molecule has 0 aliphatic carbocycles. The Morgan fingerprint density at radius 3 is 2.70 bits per heavy atom. The Bertz CT molecular complexity index is 1170. The molecule has 0 radical (unpaired) electrons. The van der Waals surface area contributed by atoms with Crippen LogP contribution in [0.15, 0.2) is 54.7 Å². The molecule has 0 spiro atoms. The van der Waals surface area contributed by atoms with Gasteiger partial charge in [0.25, 0.3) is 0 Å². The number of hydrogen-bond donors (Lipinski definition) is 2. The van der Waals surface area contributed by atoms with Crippen molar-refractivity contribution in [3.05, 3.63) is 71.5 Å². The van der Waals surface area contributed by atoms with Crippen LogP contribution in [0.2, 0.25) is 0 Å². The van der Waals surface area contributed by atoms with E-state index < -0.39 is 5.97 Å². The zero-order valence-electron chi connectivity index (χ0n) is 16.6. The number of aliphatic hydroxyl groups is 1. The molecule has 4 rings (SSSR count). The van der Waals surface area contributed by atoms with Gasteiger partial charge in [-0.3, -0.25) is 0 Å². The molecule has 0 aliphatic heterocycles. The summed E-state index contributed by atoms with van der Waals surface area (Å²) in [5.74, 6) is 0.126. The lowest BCUT2D eigenvalue weighted by Gasteiger charge is -2.10. The fraction of sp³-hybridized carbons (Fsp3) is 0.217. The lowest BCUT2D eigenvalue weighted by molar-refractivity contribution is 0.0422. The lowest BCUT2D eigenvalue weighted by atomic mass is 10.1. The van der Waals surface area contributed by atoms with E-state index in [1.807, 2.05) is 48.5 Å². The first kappa shape index (κ1) is 19.9. The molecule has 0 atom stereocenters. The van der Waals surface area contributed by atoms with E-state index in [1.54, 1.807) is 13.3 Å². The Hall–Kier alpha value is -3.42. The highest BCUT2D eigenvalue weighted by molar-refractivity contribution is 6.11. The summed E-state index contributed by atoms with van der Waals surface area (Å²) >= 11 is 0. The fourth-order valence-corrected chi connectivity index (χ4v) is 3.44. The molecule has 2 aromatic heterocycles. The molecule has 0 unspecified atom stereocenters. The molecule has 2 aromatic carbocycles. The lowest BCUT2D eigenvalue weighted by Crippen LogP contribution is -2.13. The van der Waals surface area contributed by atoms with Crippen LogP contribution in [0.25, 0.3) is 21.8 Å². The van der Waals surface area contributed by atoms with Crippen molar-refractivity contribution in [1.82, 2.24) is 9.97 Å². The number of pyridine rings is 1. The van der Waals surface area contributed by atoms with Crippen LogP contribution in [0.5, 0.6) is 5.75 Å². The standard InChI is InChI=1S/C23H22N2O5/c1-28-14-18-21-17-11-16(30-13-15-5-3-2-4-6-15)7-8-19(17)25-20(21)12-24-22(18)23(27)29-10-9-26/h2-8,11-12,25-26H,9-10,13-14H2,1H3. The van der Waals surface area contributed by atoms with Gasteiger partial charge in [0.1, 0.15) is 19.0 Å². The number of ether oxygens (including phenoxy) is 3. The predicted molar refractivity (Wildman–Crippen MR) is 112 cm³/mol. The number of carbonyl (C=O) groups excluding carboxylic acids is 1. The second-order valence-corrected chi connectivity index (χ2v) is 6.77. The van der Waals surface area contributed by atoms with Crippen LogP contribution in [0, 0.1) is 0 Å². The van der Waals surface area contributed by atoms with E-state index in [2.05, 4.69) is 9.97 Å². The van der Waals surface area contributed by atoms with Gasteiger partial charge in [-0.25, -0.2) is 9.78 Å². The summed E-state index contributed by atoms with van der Waals surface area (Å²) in [6.45, 7) is 0.314. The van der Waals surface area contributed by atoms with Gasteiger partial charge in [-0.1, -0.05) is 30.3 Å². The average Bonchev–Trinajstić information content (AvgIpc) is 3.15. The van der Waals surface area contributed by atoms with E-state index in [-0.39, 0.29) is 25.5 Å². The smallest absolute Gasteiger partial charge is 0.357 e. The van der Waals surface area contributed by atoms with Crippen molar-refractivity contribution in [3.8, 4) is 5.75 Å². The summed E-state index contributed by atoms with van der Waals surface area (Å²) in [6.07, 6.45) is 1.61. The van der Waals surface area contributed by atoms with Gasteiger partial charge < -0.3 is 24.3 Å². The van der Waals surface area contributed by atoms with Gasteiger partial charge in [0.05, 0.1) is 24.9 Å². The van der Waals surface area contributed by atoms with Crippen LogP contribution < -0.4 is 4.74 Å². The highest BCUT2D eigenvalue weighted by Crippen LogP contribution is 2.33. The van der Waals surface area contributed by atoms with Crippen LogP contribution in [0.3, 0.4) is 0 Å². The van der Waals surface area contributed by atoms with Crippen LogP contribution in [0.4, 0.5) is 0 Å². The summed E-state index contributed by atoms with van der Waals surface area (Å²) in [5, 5.41) is 10.7. The third-order valence-corrected chi connectivity index (χ3v) is 4.76. The van der Waals surface area contributed by atoms with E-state index in [4.69, 9.17) is 19.3 Å². The zero-order chi connectivity index (χ0) is 20.9. The molecule has 0 aliphatic rings. The molecule has 0 saturated heterocycles. The van der Waals surface area contributed by atoms with Gasteiger partial charge in [-0.2, -0.15) is 0 Å². The second kappa shape index (κ2) is 8.94. The van der Waals surface area contributed by atoms with Gasteiger partial charge >= 0.3 is 5.97 Å². The maximum Gasteiger partial charge on any atom is 0.357 e. The molecule has 154 valence electrons. The number of hydrogen-bond acceptors (Lipinski definition) is 6. The molecule has 30 heavy (non-hydrogen) atoms. The number of aromatic nitrogens is 2. The Kier molecular flexibility index (Phi) is 5.92. The van der Waals surface area contributed by atoms with Crippen molar-refractivity contribution in [3.63, 3.8) is 0 Å². The summed E-state index contributed by atoms with van der Waals surface area (Å²) in [7, 11) is 1.56. The molecular formula is C23H22N2O5. The fourth-order valence-electron chi connectivity index (χ4n) is 3.44. The number of nitrogens with zero attached hydrogens (tertiary/aromatic N) is 1. The third kappa shape index (κ3) is 3.98. The Morgan fingerprint density at radius 1 is 1.10 bits per heavy atom. The number of aliphatic hydroxyl groups excluding tert-OH is 1. The SMILES string of the molecule is COCc1c(C(=O)OCCO)ncc2[nH]c3ccc(OCc4ccccc4)cc3c12. The van der Waals surface area contributed by atoms with Crippen molar-refractivity contribution in [1.29, 1.82) is 0 Å². The summed E-state index contributed by atoms with van der Waals surface area (Å²) in [5.41, 5.74) is 3.57. The molecule has 7 heteroatoms. The van der Waals surface area contributed by atoms with Gasteiger partial charge in [-0.05, 0) is 23.8 Å². The number of carbonyl (C=O) groups is 1. The molecule has 0 bridgehead atoms. The number of benzene rings is 2. The van der Waals surface area contributed by atoms with E-state index in [9.17, 15) is 4.79 Å². The van der Waals surface area contributed by atoms with E-state index in [0.29, 0.717) is 12.2 Å². The average molecular weight is 406 g/mol. The monoisotopic (exact) mass is 406 g/mol. The van der Waals surface area contributed by atoms with Crippen LogP contribution in [-0.2, 0) is 22.7 Å². The molecule has 2 N–H and O–H groups in total. The van der Waals surface area contributed by atoms with E-state index in [0.717, 1.165) is 33.1 Å². The number of fused-ring (bicyclic) bond motifs is 3. The van der Waals surface area contributed by atoms with Crippen molar-refractivity contribution in [2.24, 2.45) is 0 Å². The van der Waals surface area contributed by atoms with Gasteiger partial charge in [0.15, 0.2) is 5.69 Å². The summed E-state index contributed by atoms with van der Waals surface area (Å²) < 4.78 is 16.4. The summed E-state index contributed by atoms with van der Waals surface area (Å²) in [6, 6.07) is 15.7. The number of methoxy groups -OCH3 is 1. The minimum Gasteiger partial charge on any atom is -0.489 e. The quantitative estimate of drug-likeness (QED) is 0.435. The molecule has 0 fully saturated rings. The first-order valence-electron chi connectivity index (χ1n) is 9.58. The van der Waals surface area contributed by atoms with Crippen molar-refractivity contribution in [2.75, 3.05) is 20.3 Å². The number of esters is 1. The van der Waals surface area contributed by atoms with Crippen molar-refractivity contribution in [2.45, 2.75) is 13.2 Å². The van der Waals surface area contributed by atoms with Crippen LogP contribution >= 0.6 is 0 Å². The number of H-pyrrole nitrogens is 1. The van der Waals surface area contributed by atoms with E-state index >= 15 is 0 Å². The maximum absolute atomic E-state index is 12.4. The molecule has 0 saturated carbocycles. The normalized spacial score (nSPS) is 11.1. The molecule has 0 amide bonds. The Morgan fingerprint density at radius 2 is 1.93 bits per heavy atom. The van der Waals surface area contributed by atoms with Gasteiger partial charge in [-0.15, -0.1) is 0 Å². The predicted octanol–water partition coefficient (Wildman–Crippen LogP) is 3.59. The van der Waals surface area contributed by atoms with Crippen LogP contribution in [0.1, 0.15) is 21.6 Å². The molecular weight excluding hydrogens is 384 g/mol. The molecule has 4 aromatic rings.